The minimum Gasteiger partial charge on any atom is -0.287 e. The molecule has 0 atom stereocenters. The molecule has 1 aromatic heterocycles. The van der Waals surface area contributed by atoms with Gasteiger partial charge in [0.25, 0.3) is 0 Å². The topological polar surface area (TPSA) is 64.1 Å². The second-order valence-corrected chi connectivity index (χ2v) is 8.08. The normalized spacial score (nSPS) is 12.0. The van der Waals surface area contributed by atoms with E-state index in [2.05, 4.69) is 4.98 Å². The highest BCUT2D eigenvalue weighted by Gasteiger charge is 2.35. The third kappa shape index (κ3) is 3.93. The highest BCUT2D eigenvalue weighted by molar-refractivity contribution is 7.91. The van der Waals surface area contributed by atoms with E-state index in [1.807, 2.05) is 0 Å². The van der Waals surface area contributed by atoms with E-state index < -0.39 is 37.9 Å². The number of benzene rings is 2. The highest BCUT2D eigenvalue weighted by atomic mass is 35.5. The summed E-state index contributed by atoms with van der Waals surface area (Å²) in [7, 11) is -4.42. The first-order valence-electron chi connectivity index (χ1n) is 7.78. The summed E-state index contributed by atoms with van der Waals surface area (Å²) in [4.78, 5) is 15.3. The Morgan fingerprint density at radius 3 is 2.14 bits per heavy atom. The first kappa shape index (κ1) is 20.0. The van der Waals surface area contributed by atoms with Gasteiger partial charge in [-0.2, -0.15) is 13.2 Å². The minimum atomic E-state index is -4.82. The number of alkyl halides is 3. The molecular weight excluding hydrogens is 415 g/mol. The van der Waals surface area contributed by atoms with Crippen molar-refractivity contribution in [2.75, 3.05) is 0 Å². The van der Waals surface area contributed by atoms with Crippen molar-refractivity contribution in [3.8, 4) is 0 Å². The Morgan fingerprint density at radius 2 is 1.57 bits per heavy atom. The Hall–Kier alpha value is -2.71. The van der Waals surface area contributed by atoms with Crippen LogP contribution in [0.3, 0.4) is 0 Å². The van der Waals surface area contributed by atoms with E-state index in [9.17, 15) is 26.4 Å². The third-order valence-corrected chi connectivity index (χ3v) is 5.88. The van der Waals surface area contributed by atoms with Crippen molar-refractivity contribution in [1.82, 2.24) is 4.98 Å². The van der Waals surface area contributed by atoms with Gasteiger partial charge in [0.2, 0.25) is 15.6 Å². The minimum absolute atomic E-state index is 0.0428. The summed E-state index contributed by atoms with van der Waals surface area (Å²) in [5, 5.41) is 0.342. The SMILES string of the molecule is O=C(c1ccc(Cl)cc1)c1ncc(C(F)(F)F)cc1S(=O)(=O)c1ccccc1. The van der Waals surface area contributed by atoms with E-state index in [0.717, 1.165) is 0 Å². The molecule has 0 aliphatic heterocycles. The smallest absolute Gasteiger partial charge is 0.287 e. The number of carbonyl (C=O) groups is 1. The predicted octanol–water partition coefficient (Wildman–Crippen LogP) is 4.82. The van der Waals surface area contributed by atoms with Crippen molar-refractivity contribution < 1.29 is 26.4 Å². The molecule has 1 heterocycles. The first-order chi connectivity index (χ1) is 13.1. The summed E-state index contributed by atoms with van der Waals surface area (Å²) in [5.74, 6) is -0.833. The molecule has 0 unspecified atom stereocenters. The quantitative estimate of drug-likeness (QED) is 0.562. The van der Waals surface area contributed by atoms with Gasteiger partial charge >= 0.3 is 6.18 Å². The van der Waals surface area contributed by atoms with Gasteiger partial charge in [0.05, 0.1) is 10.5 Å². The zero-order chi connectivity index (χ0) is 20.5. The molecule has 0 saturated carbocycles. The molecule has 144 valence electrons. The van der Waals surface area contributed by atoms with E-state index in [0.29, 0.717) is 17.3 Å². The van der Waals surface area contributed by atoms with E-state index in [1.54, 1.807) is 6.07 Å². The number of sulfone groups is 1. The molecule has 0 bridgehead atoms. The fourth-order valence-electron chi connectivity index (χ4n) is 2.44. The summed E-state index contributed by atoms with van der Waals surface area (Å²) >= 11 is 5.77. The molecular formula is C19H11ClF3NO3S. The van der Waals surface area contributed by atoms with Crippen molar-refractivity contribution in [2.24, 2.45) is 0 Å². The highest BCUT2D eigenvalue weighted by Crippen LogP contribution is 2.33. The zero-order valence-corrected chi connectivity index (χ0v) is 15.5. The molecule has 0 N–H and O–H groups in total. The lowest BCUT2D eigenvalue weighted by Crippen LogP contribution is -2.16. The average molecular weight is 426 g/mol. The molecule has 0 fully saturated rings. The van der Waals surface area contributed by atoms with Crippen LogP contribution in [0.5, 0.6) is 0 Å². The molecule has 0 saturated heterocycles. The van der Waals surface area contributed by atoms with Crippen molar-refractivity contribution in [3.63, 3.8) is 0 Å². The number of pyridine rings is 1. The number of aromatic nitrogens is 1. The number of halogens is 4. The van der Waals surface area contributed by atoms with E-state index >= 15 is 0 Å². The molecule has 3 rings (SSSR count). The molecule has 0 aliphatic carbocycles. The lowest BCUT2D eigenvalue weighted by atomic mass is 10.1. The predicted molar refractivity (Wildman–Crippen MR) is 96.0 cm³/mol. The lowest BCUT2D eigenvalue weighted by Gasteiger charge is -2.13. The lowest BCUT2D eigenvalue weighted by molar-refractivity contribution is -0.138. The van der Waals surface area contributed by atoms with Gasteiger partial charge in [-0.3, -0.25) is 9.78 Å². The summed E-state index contributed by atoms with van der Waals surface area (Å²) < 4.78 is 65.3. The second-order valence-electron chi connectivity index (χ2n) is 5.72. The maximum absolute atomic E-state index is 13.1. The van der Waals surface area contributed by atoms with Crippen molar-refractivity contribution in [3.05, 3.63) is 88.7 Å². The van der Waals surface area contributed by atoms with E-state index in [4.69, 9.17) is 11.6 Å². The molecule has 3 aromatic rings. The monoisotopic (exact) mass is 425 g/mol. The number of hydrogen-bond acceptors (Lipinski definition) is 4. The Balaban J connectivity index is 2.23. The van der Waals surface area contributed by atoms with Crippen LogP contribution in [0.25, 0.3) is 0 Å². The first-order valence-corrected chi connectivity index (χ1v) is 9.64. The van der Waals surface area contributed by atoms with Crippen molar-refractivity contribution in [1.29, 1.82) is 0 Å². The van der Waals surface area contributed by atoms with Gasteiger partial charge in [-0.15, -0.1) is 0 Å². The summed E-state index contributed by atoms with van der Waals surface area (Å²) in [6.45, 7) is 0. The van der Waals surface area contributed by atoms with Crippen LogP contribution < -0.4 is 0 Å². The van der Waals surface area contributed by atoms with Crippen LogP contribution in [0, 0.1) is 0 Å². The average Bonchev–Trinajstić information content (AvgIpc) is 2.67. The molecule has 9 heteroatoms. The van der Waals surface area contributed by atoms with Crippen LogP contribution in [0.4, 0.5) is 13.2 Å². The van der Waals surface area contributed by atoms with Crippen LogP contribution in [-0.2, 0) is 16.0 Å². The summed E-state index contributed by atoms with van der Waals surface area (Å²) in [6.07, 6.45) is -4.39. The number of carbonyl (C=O) groups excluding carboxylic acids is 1. The molecule has 0 radical (unpaired) electrons. The molecule has 0 spiro atoms. The van der Waals surface area contributed by atoms with Gasteiger partial charge in [-0.05, 0) is 42.5 Å². The number of nitrogens with zero attached hydrogens (tertiary/aromatic N) is 1. The second kappa shape index (κ2) is 7.37. The third-order valence-electron chi connectivity index (χ3n) is 3.84. The van der Waals surface area contributed by atoms with Crippen LogP contribution in [-0.4, -0.2) is 19.2 Å². The fraction of sp³-hybridized carbons (Fsp3) is 0.0526. The van der Waals surface area contributed by atoms with Crippen LogP contribution in [0.15, 0.2) is 76.7 Å². The van der Waals surface area contributed by atoms with E-state index in [1.165, 1.54) is 48.5 Å². The largest absolute Gasteiger partial charge is 0.417 e. The summed E-state index contributed by atoms with van der Waals surface area (Å²) in [5.41, 5.74) is -1.82. The van der Waals surface area contributed by atoms with E-state index in [-0.39, 0.29) is 10.5 Å². The fourth-order valence-corrected chi connectivity index (χ4v) is 4.02. The number of ketones is 1. The Bertz CT molecular complexity index is 1130. The number of rotatable bonds is 4. The Labute approximate surface area is 163 Å². The van der Waals surface area contributed by atoms with Crippen LogP contribution in [0.1, 0.15) is 21.6 Å². The maximum atomic E-state index is 13.1. The molecule has 28 heavy (non-hydrogen) atoms. The Morgan fingerprint density at radius 1 is 0.964 bits per heavy atom. The van der Waals surface area contributed by atoms with Gasteiger partial charge in [0, 0.05) is 16.8 Å². The molecule has 4 nitrogen and oxygen atoms in total. The van der Waals surface area contributed by atoms with Crippen molar-refractivity contribution in [2.45, 2.75) is 16.0 Å². The maximum Gasteiger partial charge on any atom is 0.417 e. The van der Waals surface area contributed by atoms with Gasteiger partial charge < -0.3 is 0 Å². The standard InChI is InChI=1S/C19H11ClF3NO3S/c20-14-8-6-12(7-9-14)18(25)17-16(10-13(11-24-17)19(21,22)23)28(26,27)15-4-2-1-3-5-15/h1-11H. The van der Waals surface area contributed by atoms with Gasteiger partial charge in [-0.1, -0.05) is 29.8 Å². The number of hydrogen-bond donors (Lipinski definition) is 0. The zero-order valence-electron chi connectivity index (χ0n) is 13.9. The molecule has 2 aromatic carbocycles. The van der Waals surface area contributed by atoms with Crippen molar-refractivity contribution >= 4 is 27.2 Å². The van der Waals surface area contributed by atoms with Gasteiger partial charge in [0.15, 0.2) is 0 Å². The molecule has 0 amide bonds. The van der Waals surface area contributed by atoms with Crippen LogP contribution in [0.2, 0.25) is 5.02 Å². The summed E-state index contributed by atoms with van der Waals surface area (Å²) in [6, 6.07) is 12.8. The Kier molecular flexibility index (Phi) is 5.27. The van der Waals surface area contributed by atoms with Crippen LogP contribution >= 0.6 is 11.6 Å². The van der Waals surface area contributed by atoms with Gasteiger partial charge in [0.1, 0.15) is 10.6 Å². The molecule has 0 aliphatic rings. The van der Waals surface area contributed by atoms with Gasteiger partial charge in [-0.25, -0.2) is 8.42 Å².